The second-order valence-electron chi connectivity index (χ2n) is 3.64. The smallest absolute Gasteiger partial charge is 0.110 e. The molecule has 3 N–H and O–H groups in total. The summed E-state index contributed by atoms with van der Waals surface area (Å²) in [5, 5.41) is 9.80. The summed E-state index contributed by atoms with van der Waals surface area (Å²) in [4.78, 5) is 4.07. The van der Waals surface area contributed by atoms with E-state index in [2.05, 4.69) is 20.9 Å². The maximum Gasteiger partial charge on any atom is 0.110 e. The molecule has 4 heteroatoms. The highest BCUT2D eigenvalue weighted by molar-refractivity contribution is 9.10. The molecule has 0 saturated heterocycles. The van der Waals surface area contributed by atoms with Crippen LogP contribution in [0, 0.1) is 5.92 Å². The third kappa shape index (κ3) is 2.53. The topological polar surface area (TPSA) is 59.1 Å². The van der Waals surface area contributed by atoms with E-state index in [0.29, 0.717) is 4.60 Å². The molecule has 0 spiro atoms. The van der Waals surface area contributed by atoms with Crippen molar-refractivity contribution in [2.75, 3.05) is 0 Å². The van der Waals surface area contributed by atoms with Crippen molar-refractivity contribution in [1.29, 1.82) is 0 Å². The lowest BCUT2D eigenvalue weighted by molar-refractivity contribution is 0.0976. The summed E-state index contributed by atoms with van der Waals surface area (Å²) in [7, 11) is 0. The van der Waals surface area contributed by atoms with Crippen LogP contribution in [0.15, 0.2) is 22.9 Å². The highest BCUT2D eigenvalue weighted by atomic mass is 79.9. The zero-order valence-electron chi connectivity index (χ0n) is 8.31. The van der Waals surface area contributed by atoms with E-state index in [4.69, 9.17) is 5.73 Å². The van der Waals surface area contributed by atoms with Crippen LogP contribution in [-0.4, -0.2) is 16.2 Å². The third-order valence-electron chi connectivity index (χ3n) is 2.20. The number of aliphatic hydroxyl groups excluding tert-OH is 1. The van der Waals surface area contributed by atoms with Gasteiger partial charge in [0.25, 0.3) is 0 Å². The van der Waals surface area contributed by atoms with E-state index in [1.54, 1.807) is 6.20 Å². The van der Waals surface area contributed by atoms with Gasteiger partial charge in [-0.1, -0.05) is 19.9 Å². The molecule has 1 rings (SSSR count). The van der Waals surface area contributed by atoms with Gasteiger partial charge in [-0.05, 0) is 27.9 Å². The fourth-order valence-corrected chi connectivity index (χ4v) is 1.76. The molecule has 1 heterocycles. The van der Waals surface area contributed by atoms with Gasteiger partial charge in [0.2, 0.25) is 0 Å². The van der Waals surface area contributed by atoms with Crippen LogP contribution in [-0.2, 0) is 0 Å². The first-order chi connectivity index (χ1) is 6.54. The summed E-state index contributed by atoms with van der Waals surface area (Å²) in [6, 6.07) is 3.29. The minimum atomic E-state index is -0.546. The van der Waals surface area contributed by atoms with Gasteiger partial charge >= 0.3 is 0 Å². The molecule has 1 aromatic heterocycles. The van der Waals surface area contributed by atoms with E-state index in [-0.39, 0.29) is 5.92 Å². The molecule has 0 amide bonds. The Morgan fingerprint density at radius 1 is 1.50 bits per heavy atom. The highest BCUT2D eigenvalue weighted by Gasteiger charge is 2.21. The lowest BCUT2D eigenvalue weighted by Gasteiger charge is -2.22. The van der Waals surface area contributed by atoms with E-state index in [1.165, 1.54) is 0 Å². The number of aromatic nitrogens is 1. The minimum absolute atomic E-state index is 0.136. The van der Waals surface area contributed by atoms with Crippen molar-refractivity contribution in [3.8, 4) is 0 Å². The lowest BCUT2D eigenvalue weighted by atomic mass is 9.96. The van der Waals surface area contributed by atoms with Gasteiger partial charge in [-0.2, -0.15) is 0 Å². The molecule has 0 aliphatic heterocycles. The van der Waals surface area contributed by atoms with Crippen LogP contribution in [0.5, 0.6) is 0 Å². The quantitative estimate of drug-likeness (QED) is 0.814. The van der Waals surface area contributed by atoms with Gasteiger partial charge in [0.1, 0.15) is 4.60 Å². The molecule has 14 heavy (non-hydrogen) atoms. The standard InChI is InChI=1S/C10H15BrN2O/c1-6(2)9(14)8(12)7-4-3-5-13-10(7)11/h3-6,8-9,14H,12H2,1-2H3/t8-,9+/m0/s1. The van der Waals surface area contributed by atoms with Crippen LogP contribution in [0.3, 0.4) is 0 Å². The number of nitrogens with zero attached hydrogens (tertiary/aromatic N) is 1. The van der Waals surface area contributed by atoms with Gasteiger partial charge < -0.3 is 10.8 Å². The molecule has 0 aliphatic carbocycles. The SMILES string of the molecule is CC(C)[C@@H](O)[C@@H](N)c1cccnc1Br. The number of halogens is 1. The first kappa shape index (κ1) is 11.6. The summed E-state index contributed by atoms with van der Waals surface area (Å²) in [6.07, 6.45) is 1.14. The largest absolute Gasteiger partial charge is 0.391 e. The summed E-state index contributed by atoms with van der Waals surface area (Å²) in [5.74, 6) is 0.136. The molecule has 1 aromatic rings. The van der Waals surface area contributed by atoms with E-state index in [1.807, 2.05) is 26.0 Å². The van der Waals surface area contributed by atoms with Crippen molar-refractivity contribution in [3.05, 3.63) is 28.5 Å². The average Bonchev–Trinajstić information content (AvgIpc) is 2.16. The normalized spacial score (nSPS) is 15.6. The predicted octanol–water partition coefficient (Wildman–Crippen LogP) is 1.86. The molecule has 0 aliphatic rings. The Kier molecular flexibility index (Phi) is 4.04. The van der Waals surface area contributed by atoms with Crippen molar-refractivity contribution in [3.63, 3.8) is 0 Å². The Balaban J connectivity index is 2.89. The first-order valence-corrected chi connectivity index (χ1v) is 5.37. The Labute approximate surface area is 92.5 Å². The van der Waals surface area contributed by atoms with Crippen LogP contribution in [0.4, 0.5) is 0 Å². The van der Waals surface area contributed by atoms with Crippen LogP contribution in [0.1, 0.15) is 25.5 Å². The molecule has 78 valence electrons. The molecule has 2 atom stereocenters. The second-order valence-corrected chi connectivity index (χ2v) is 4.39. The first-order valence-electron chi connectivity index (χ1n) is 4.58. The fourth-order valence-electron chi connectivity index (χ4n) is 1.25. The monoisotopic (exact) mass is 258 g/mol. The molecular formula is C10H15BrN2O. The van der Waals surface area contributed by atoms with Crippen LogP contribution in [0.2, 0.25) is 0 Å². The van der Waals surface area contributed by atoms with Crippen molar-refractivity contribution in [2.24, 2.45) is 11.7 Å². The Morgan fingerprint density at radius 3 is 2.64 bits per heavy atom. The van der Waals surface area contributed by atoms with Gasteiger partial charge in [0.05, 0.1) is 12.1 Å². The van der Waals surface area contributed by atoms with Crippen LogP contribution in [0.25, 0.3) is 0 Å². The number of rotatable bonds is 3. The van der Waals surface area contributed by atoms with Crippen molar-refractivity contribution >= 4 is 15.9 Å². The Hall–Kier alpha value is -0.450. The molecule has 3 nitrogen and oxygen atoms in total. The zero-order valence-corrected chi connectivity index (χ0v) is 9.90. The number of aliphatic hydroxyl groups is 1. The maximum absolute atomic E-state index is 9.80. The Morgan fingerprint density at radius 2 is 2.14 bits per heavy atom. The van der Waals surface area contributed by atoms with Crippen molar-refractivity contribution in [2.45, 2.75) is 26.0 Å². The average molecular weight is 259 g/mol. The molecule has 0 bridgehead atoms. The zero-order chi connectivity index (χ0) is 10.7. The summed E-state index contributed by atoms with van der Waals surface area (Å²) in [6.45, 7) is 3.88. The van der Waals surface area contributed by atoms with Crippen molar-refractivity contribution < 1.29 is 5.11 Å². The minimum Gasteiger partial charge on any atom is -0.391 e. The fraction of sp³-hybridized carbons (Fsp3) is 0.500. The van der Waals surface area contributed by atoms with E-state index < -0.39 is 12.1 Å². The van der Waals surface area contributed by atoms with Crippen LogP contribution >= 0.6 is 15.9 Å². The highest BCUT2D eigenvalue weighted by Crippen LogP contribution is 2.24. The number of pyridine rings is 1. The number of hydrogen-bond acceptors (Lipinski definition) is 3. The van der Waals surface area contributed by atoms with E-state index >= 15 is 0 Å². The molecular weight excluding hydrogens is 244 g/mol. The lowest BCUT2D eigenvalue weighted by Crippen LogP contribution is -2.30. The summed E-state index contributed by atoms with van der Waals surface area (Å²) in [5.41, 5.74) is 6.76. The van der Waals surface area contributed by atoms with Gasteiger partial charge in [0.15, 0.2) is 0 Å². The molecule has 0 unspecified atom stereocenters. The number of nitrogens with two attached hydrogens (primary N) is 1. The number of hydrogen-bond donors (Lipinski definition) is 2. The van der Waals surface area contributed by atoms with Gasteiger partial charge in [-0.3, -0.25) is 0 Å². The molecule has 0 saturated carbocycles. The molecule has 0 radical (unpaired) electrons. The van der Waals surface area contributed by atoms with Gasteiger partial charge in [0, 0.05) is 11.8 Å². The van der Waals surface area contributed by atoms with Gasteiger partial charge in [-0.25, -0.2) is 4.98 Å². The van der Waals surface area contributed by atoms with Crippen molar-refractivity contribution in [1.82, 2.24) is 4.98 Å². The van der Waals surface area contributed by atoms with E-state index in [9.17, 15) is 5.11 Å². The summed E-state index contributed by atoms with van der Waals surface area (Å²) >= 11 is 3.31. The second kappa shape index (κ2) is 4.87. The maximum atomic E-state index is 9.80. The molecule has 0 fully saturated rings. The van der Waals surface area contributed by atoms with E-state index in [0.717, 1.165) is 5.56 Å². The Bertz CT molecular complexity index is 304. The van der Waals surface area contributed by atoms with Crippen LogP contribution < -0.4 is 5.73 Å². The third-order valence-corrected chi connectivity index (χ3v) is 2.86. The molecule has 0 aromatic carbocycles. The summed E-state index contributed by atoms with van der Waals surface area (Å²) < 4.78 is 0.701. The van der Waals surface area contributed by atoms with Gasteiger partial charge in [-0.15, -0.1) is 0 Å². The predicted molar refractivity (Wildman–Crippen MR) is 59.7 cm³/mol.